The fourth-order valence-electron chi connectivity index (χ4n) is 3.45. The molecule has 2 heterocycles. The SMILES string of the molecule is CCn1cnc(S(=O)(=O)N2CCC[C@H](C(=O)NCCCc3ccccc3)C2)c1. The van der Waals surface area contributed by atoms with Gasteiger partial charge in [0.1, 0.15) is 0 Å². The van der Waals surface area contributed by atoms with Crippen LogP contribution >= 0.6 is 0 Å². The van der Waals surface area contributed by atoms with E-state index >= 15 is 0 Å². The van der Waals surface area contributed by atoms with Crippen molar-refractivity contribution in [2.24, 2.45) is 5.92 Å². The summed E-state index contributed by atoms with van der Waals surface area (Å²) in [6, 6.07) is 10.2. The third-order valence-corrected chi connectivity index (χ3v) is 6.87. The van der Waals surface area contributed by atoms with Crippen molar-refractivity contribution in [1.82, 2.24) is 19.2 Å². The molecule has 0 saturated carbocycles. The molecule has 1 atom stereocenters. The van der Waals surface area contributed by atoms with Crippen LogP contribution in [0.15, 0.2) is 47.9 Å². The first-order chi connectivity index (χ1) is 13.5. The van der Waals surface area contributed by atoms with Gasteiger partial charge in [0.15, 0.2) is 5.03 Å². The molecule has 1 aliphatic heterocycles. The molecule has 0 aliphatic carbocycles. The lowest BCUT2D eigenvalue weighted by Crippen LogP contribution is -2.45. The second kappa shape index (κ2) is 9.34. The predicted octanol–water partition coefficient (Wildman–Crippen LogP) is 2.05. The molecule has 28 heavy (non-hydrogen) atoms. The van der Waals surface area contributed by atoms with Crippen LogP contribution in [0, 0.1) is 5.92 Å². The minimum absolute atomic E-state index is 0.0540. The number of hydrogen-bond donors (Lipinski definition) is 1. The average molecular weight is 405 g/mol. The quantitative estimate of drug-likeness (QED) is 0.683. The number of sulfonamides is 1. The van der Waals surface area contributed by atoms with E-state index in [0.717, 1.165) is 12.8 Å². The van der Waals surface area contributed by atoms with Crippen LogP contribution in [0.2, 0.25) is 0 Å². The molecule has 3 rings (SSSR count). The van der Waals surface area contributed by atoms with Gasteiger partial charge in [-0.25, -0.2) is 13.4 Å². The number of carbonyl (C=O) groups is 1. The zero-order chi connectivity index (χ0) is 20.0. The minimum atomic E-state index is -3.66. The molecule has 1 saturated heterocycles. The Labute approximate surface area is 166 Å². The van der Waals surface area contributed by atoms with Crippen molar-refractivity contribution in [3.63, 3.8) is 0 Å². The molecule has 1 aromatic heterocycles. The second-order valence-electron chi connectivity index (χ2n) is 7.12. The van der Waals surface area contributed by atoms with Crippen LogP contribution in [0.1, 0.15) is 31.7 Å². The molecule has 1 amide bonds. The number of rotatable bonds is 8. The zero-order valence-electron chi connectivity index (χ0n) is 16.3. The van der Waals surface area contributed by atoms with Gasteiger partial charge in [-0.2, -0.15) is 4.31 Å². The Morgan fingerprint density at radius 3 is 2.79 bits per heavy atom. The van der Waals surface area contributed by atoms with Gasteiger partial charge in [-0.3, -0.25) is 4.79 Å². The number of hydrogen-bond acceptors (Lipinski definition) is 4. The predicted molar refractivity (Wildman–Crippen MR) is 107 cm³/mol. The Hall–Kier alpha value is -2.19. The monoisotopic (exact) mass is 404 g/mol. The van der Waals surface area contributed by atoms with E-state index in [1.807, 2.05) is 25.1 Å². The molecule has 1 aliphatic rings. The van der Waals surface area contributed by atoms with Crippen molar-refractivity contribution in [1.29, 1.82) is 0 Å². The number of carbonyl (C=O) groups excluding carboxylic acids is 1. The molecule has 2 aromatic rings. The summed E-state index contributed by atoms with van der Waals surface area (Å²) in [6.45, 7) is 3.83. The Morgan fingerprint density at radius 2 is 2.07 bits per heavy atom. The Kier molecular flexibility index (Phi) is 6.85. The maximum atomic E-state index is 12.8. The highest BCUT2D eigenvalue weighted by atomic mass is 32.2. The molecular formula is C20H28N4O3S. The number of nitrogens with one attached hydrogen (secondary N) is 1. The van der Waals surface area contributed by atoms with Crippen molar-refractivity contribution in [2.45, 2.75) is 44.2 Å². The van der Waals surface area contributed by atoms with E-state index in [-0.39, 0.29) is 23.4 Å². The Morgan fingerprint density at radius 1 is 1.29 bits per heavy atom. The van der Waals surface area contributed by atoms with Gasteiger partial charge in [0, 0.05) is 32.4 Å². The van der Waals surface area contributed by atoms with E-state index in [9.17, 15) is 13.2 Å². The van der Waals surface area contributed by atoms with Crippen LogP contribution in [-0.2, 0) is 27.8 Å². The van der Waals surface area contributed by atoms with Crippen molar-refractivity contribution >= 4 is 15.9 Å². The van der Waals surface area contributed by atoms with E-state index < -0.39 is 10.0 Å². The number of nitrogens with zero attached hydrogens (tertiary/aromatic N) is 3. The van der Waals surface area contributed by atoms with Gasteiger partial charge >= 0.3 is 0 Å². The molecule has 0 unspecified atom stereocenters. The Bertz CT molecular complexity index is 880. The smallest absolute Gasteiger partial charge is 0.262 e. The van der Waals surface area contributed by atoms with Crippen LogP contribution in [0.3, 0.4) is 0 Å². The van der Waals surface area contributed by atoms with Crippen LogP contribution < -0.4 is 5.32 Å². The first-order valence-corrected chi connectivity index (χ1v) is 11.3. The standard InChI is InChI=1S/C20H28N4O3S/c1-2-23-15-19(22-16-23)28(26,27)24-13-7-11-18(14-24)20(25)21-12-6-10-17-8-4-3-5-9-17/h3-5,8-9,15-16,18H,2,6-7,10-14H2,1H3,(H,21,25)/t18-/m0/s1. The first-order valence-electron chi connectivity index (χ1n) is 9.84. The third-order valence-electron chi connectivity index (χ3n) is 5.12. The lowest BCUT2D eigenvalue weighted by Gasteiger charge is -2.30. The fourth-order valence-corrected chi connectivity index (χ4v) is 4.90. The number of amides is 1. The molecule has 7 nitrogen and oxygen atoms in total. The third kappa shape index (κ3) is 4.99. The number of imidazole rings is 1. The van der Waals surface area contributed by atoms with E-state index in [0.29, 0.717) is 32.5 Å². The summed E-state index contributed by atoms with van der Waals surface area (Å²) in [4.78, 5) is 16.5. The summed E-state index contributed by atoms with van der Waals surface area (Å²) in [5.41, 5.74) is 1.25. The van der Waals surface area contributed by atoms with E-state index in [4.69, 9.17) is 0 Å². The second-order valence-corrected chi connectivity index (χ2v) is 9.01. The van der Waals surface area contributed by atoms with Crippen molar-refractivity contribution < 1.29 is 13.2 Å². The molecule has 1 fully saturated rings. The molecule has 1 N–H and O–H groups in total. The van der Waals surface area contributed by atoms with E-state index in [2.05, 4.69) is 22.4 Å². The number of benzene rings is 1. The number of piperidine rings is 1. The van der Waals surface area contributed by atoms with Crippen molar-refractivity contribution in [3.8, 4) is 0 Å². The van der Waals surface area contributed by atoms with E-state index in [1.54, 1.807) is 10.8 Å². The Balaban J connectivity index is 1.51. The minimum Gasteiger partial charge on any atom is -0.356 e. The van der Waals surface area contributed by atoms with Gasteiger partial charge < -0.3 is 9.88 Å². The lowest BCUT2D eigenvalue weighted by molar-refractivity contribution is -0.126. The molecule has 8 heteroatoms. The summed E-state index contributed by atoms with van der Waals surface area (Å²) < 4.78 is 28.8. The van der Waals surface area contributed by atoms with Gasteiger partial charge in [0.2, 0.25) is 5.91 Å². The van der Waals surface area contributed by atoms with Crippen molar-refractivity contribution in [2.75, 3.05) is 19.6 Å². The summed E-state index contributed by atoms with van der Waals surface area (Å²) in [7, 11) is -3.66. The molecular weight excluding hydrogens is 376 g/mol. The molecule has 1 aromatic carbocycles. The lowest BCUT2D eigenvalue weighted by atomic mass is 9.99. The maximum absolute atomic E-state index is 12.8. The highest BCUT2D eigenvalue weighted by Gasteiger charge is 2.34. The van der Waals surface area contributed by atoms with Gasteiger partial charge in [0.25, 0.3) is 10.0 Å². The number of aromatic nitrogens is 2. The van der Waals surface area contributed by atoms with Crippen molar-refractivity contribution in [3.05, 3.63) is 48.4 Å². The van der Waals surface area contributed by atoms with E-state index in [1.165, 1.54) is 16.2 Å². The van der Waals surface area contributed by atoms with Gasteiger partial charge in [0.05, 0.1) is 12.2 Å². The summed E-state index contributed by atoms with van der Waals surface area (Å²) in [5, 5.41) is 3.02. The topological polar surface area (TPSA) is 84.3 Å². The van der Waals surface area contributed by atoms with Gasteiger partial charge in [-0.15, -0.1) is 0 Å². The van der Waals surface area contributed by atoms with Crippen LogP contribution in [-0.4, -0.2) is 47.8 Å². The average Bonchev–Trinajstić information content (AvgIpc) is 3.22. The summed E-state index contributed by atoms with van der Waals surface area (Å²) >= 11 is 0. The van der Waals surface area contributed by atoms with Crippen LogP contribution in [0.5, 0.6) is 0 Å². The maximum Gasteiger partial charge on any atom is 0.262 e. The zero-order valence-corrected chi connectivity index (χ0v) is 17.1. The van der Waals surface area contributed by atoms with Gasteiger partial charge in [-0.1, -0.05) is 30.3 Å². The van der Waals surface area contributed by atoms with Crippen LogP contribution in [0.25, 0.3) is 0 Å². The molecule has 0 bridgehead atoms. The summed E-state index contributed by atoms with van der Waals surface area (Å²) in [6.07, 6.45) is 6.22. The summed E-state index contributed by atoms with van der Waals surface area (Å²) in [5.74, 6) is -0.374. The van der Waals surface area contributed by atoms with Crippen LogP contribution in [0.4, 0.5) is 0 Å². The number of aryl methyl sites for hydroxylation is 2. The molecule has 0 radical (unpaired) electrons. The fraction of sp³-hybridized carbons (Fsp3) is 0.500. The highest BCUT2D eigenvalue weighted by Crippen LogP contribution is 2.23. The molecule has 0 spiro atoms. The highest BCUT2D eigenvalue weighted by molar-refractivity contribution is 7.89. The van der Waals surface area contributed by atoms with Gasteiger partial charge in [-0.05, 0) is 38.2 Å². The first kappa shape index (κ1) is 20.5. The normalized spacial score (nSPS) is 18.1. The largest absolute Gasteiger partial charge is 0.356 e. The molecule has 152 valence electrons.